The summed E-state index contributed by atoms with van der Waals surface area (Å²) in [7, 11) is 0. The van der Waals surface area contributed by atoms with Crippen LogP contribution in [0.25, 0.3) is 0 Å². The van der Waals surface area contributed by atoms with Gasteiger partial charge in [0.1, 0.15) is 12.1 Å². The van der Waals surface area contributed by atoms with Gasteiger partial charge in [0.15, 0.2) is 0 Å². The molecule has 2 aliphatic rings. The van der Waals surface area contributed by atoms with Crippen molar-refractivity contribution in [3.63, 3.8) is 0 Å². The molecule has 1 aliphatic carbocycles. The Bertz CT molecular complexity index is 926. The number of nitrogens with one attached hydrogen (secondary N) is 2. The van der Waals surface area contributed by atoms with Crippen molar-refractivity contribution in [1.82, 2.24) is 10.2 Å². The molecule has 1 saturated heterocycles. The van der Waals surface area contributed by atoms with Gasteiger partial charge in [0, 0.05) is 5.69 Å². The molecule has 1 atom stereocenters. The summed E-state index contributed by atoms with van der Waals surface area (Å²) in [5.74, 6) is -0.823. The van der Waals surface area contributed by atoms with E-state index in [2.05, 4.69) is 10.6 Å². The van der Waals surface area contributed by atoms with Gasteiger partial charge in [0.2, 0.25) is 5.91 Å². The molecule has 0 saturated carbocycles. The van der Waals surface area contributed by atoms with E-state index in [1.807, 2.05) is 24.3 Å². The average molecular weight is 363 g/mol. The number of para-hydroxylation sites is 1. The largest absolute Gasteiger partial charge is 0.325 e. The van der Waals surface area contributed by atoms with Gasteiger partial charge in [-0.1, -0.05) is 36.4 Å². The van der Waals surface area contributed by atoms with Gasteiger partial charge in [-0.05, 0) is 55.0 Å². The van der Waals surface area contributed by atoms with Crippen LogP contribution < -0.4 is 10.6 Å². The van der Waals surface area contributed by atoms with Gasteiger partial charge < -0.3 is 10.6 Å². The monoisotopic (exact) mass is 363 g/mol. The Kier molecular flexibility index (Phi) is 4.18. The highest BCUT2D eigenvalue weighted by molar-refractivity contribution is 6.10. The van der Waals surface area contributed by atoms with Crippen LogP contribution >= 0.6 is 0 Å². The molecule has 2 aromatic carbocycles. The quantitative estimate of drug-likeness (QED) is 0.820. The van der Waals surface area contributed by atoms with Crippen molar-refractivity contribution in [3.8, 4) is 0 Å². The second-order valence-corrected chi connectivity index (χ2v) is 7.20. The van der Waals surface area contributed by atoms with Crippen LogP contribution in [-0.2, 0) is 28.0 Å². The van der Waals surface area contributed by atoms with Crippen LogP contribution in [0.15, 0.2) is 48.5 Å². The molecule has 4 amide bonds. The maximum atomic E-state index is 13.0. The maximum Gasteiger partial charge on any atom is 0.325 e. The molecule has 2 N–H and O–H groups in total. The Morgan fingerprint density at radius 3 is 2.63 bits per heavy atom. The highest BCUT2D eigenvalue weighted by Crippen LogP contribution is 2.32. The van der Waals surface area contributed by atoms with Crippen LogP contribution in [0.4, 0.5) is 10.5 Å². The highest BCUT2D eigenvalue weighted by Gasteiger charge is 2.49. The van der Waals surface area contributed by atoms with Gasteiger partial charge in [-0.25, -0.2) is 4.79 Å². The van der Waals surface area contributed by atoms with Gasteiger partial charge in [-0.3, -0.25) is 14.5 Å². The number of imide groups is 1. The molecule has 2 aromatic rings. The van der Waals surface area contributed by atoms with Gasteiger partial charge in [-0.2, -0.15) is 0 Å². The number of urea groups is 1. The fourth-order valence-corrected chi connectivity index (χ4v) is 3.78. The van der Waals surface area contributed by atoms with E-state index in [1.54, 1.807) is 31.2 Å². The fourth-order valence-electron chi connectivity index (χ4n) is 3.78. The minimum Gasteiger partial charge on any atom is -0.325 e. The smallest absolute Gasteiger partial charge is 0.325 e. The van der Waals surface area contributed by atoms with E-state index in [9.17, 15) is 14.4 Å². The summed E-state index contributed by atoms with van der Waals surface area (Å²) in [6.45, 7) is 1.37. The third-order valence-electron chi connectivity index (χ3n) is 5.31. The van der Waals surface area contributed by atoms with Crippen LogP contribution in [0, 0.1) is 0 Å². The fraction of sp³-hybridized carbons (Fsp3) is 0.286. The molecule has 0 aromatic heterocycles. The second-order valence-electron chi connectivity index (χ2n) is 7.20. The summed E-state index contributed by atoms with van der Waals surface area (Å²) in [6.07, 6.45) is 3.16. The van der Waals surface area contributed by atoms with Crippen LogP contribution in [0.1, 0.15) is 30.0 Å². The topological polar surface area (TPSA) is 78.5 Å². The zero-order valence-electron chi connectivity index (χ0n) is 15.1. The molecule has 6 nitrogen and oxygen atoms in total. The van der Waals surface area contributed by atoms with Crippen molar-refractivity contribution in [2.24, 2.45) is 0 Å². The van der Waals surface area contributed by atoms with Crippen molar-refractivity contribution in [3.05, 3.63) is 65.2 Å². The van der Waals surface area contributed by atoms with Crippen LogP contribution in [-0.4, -0.2) is 29.3 Å². The zero-order chi connectivity index (χ0) is 19.0. The minimum absolute atomic E-state index is 0.319. The molecule has 0 radical (unpaired) electrons. The number of rotatable bonds is 4. The van der Waals surface area contributed by atoms with E-state index in [4.69, 9.17) is 0 Å². The first kappa shape index (κ1) is 17.3. The van der Waals surface area contributed by atoms with E-state index < -0.39 is 23.4 Å². The lowest BCUT2D eigenvalue weighted by atomic mass is 9.89. The van der Waals surface area contributed by atoms with Gasteiger partial charge in [0.05, 0.1) is 0 Å². The molecule has 1 aliphatic heterocycles. The van der Waals surface area contributed by atoms with E-state index >= 15 is 0 Å². The Morgan fingerprint density at radius 2 is 1.85 bits per heavy atom. The second kappa shape index (κ2) is 6.54. The van der Waals surface area contributed by atoms with E-state index in [0.717, 1.165) is 29.7 Å². The Labute approximate surface area is 157 Å². The van der Waals surface area contributed by atoms with Crippen molar-refractivity contribution in [2.75, 3.05) is 11.9 Å². The van der Waals surface area contributed by atoms with E-state index in [1.165, 1.54) is 11.1 Å². The van der Waals surface area contributed by atoms with Crippen molar-refractivity contribution >= 4 is 23.5 Å². The Hall–Kier alpha value is -3.15. The molecule has 1 fully saturated rings. The molecule has 1 heterocycles. The number of benzene rings is 2. The lowest BCUT2D eigenvalue weighted by molar-refractivity contribution is -0.133. The first-order valence-electron chi connectivity index (χ1n) is 9.09. The molecule has 27 heavy (non-hydrogen) atoms. The number of fused-ring (bicyclic) bond motifs is 1. The average Bonchev–Trinajstić information content (AvgIpc) is 3.21. The van der Waals surface area contributed by atoms with Crippen molar-refractivity contribution < 1.29 is 14.4 Å². The van der Waals surface area contributed by atoms with Crippen molar-refractivity contribution in [1.29, 1.82) is 0 Å². The predicted molar refractivity (Wildman–Crippen MR) is 101 cm³/mol. The first-order chi connectivity index (χ1) is 13.0. The molecule has 0 spiro atoms. The van der Waals surface area contributed by atoms with Gasteiger partial charge in [0.25, 0.3) is 5.91 Å². The van der Waals surface area contributed by atoms with Gasteiger partial charge in [-0.15, -0.1) is 0 Å². The van der Waals surface area contributed by atoms with Crippen LogP contribution in [0.3, 0.4) is 0 Å². The standard InChI is InChI=1S/C21H21N3O3/c1-21(16-11-10-14-6-5-7-15(14)12-16)19(26)24(20(27)23-21)13-18(25)22-17-8-3-2-4-9-17/h2-4,8-12H,5-7,13H2,1H3,(H,22,25)(H,23,27)/t21-/m1/s1. The van der Waals surface area contributed by atoms with Crippen LogP contribution in [0.5, 0.6) is 0 Å². The lowest BCUT2D eigenvalue weighted by Gasteiger charge is -2.23. The number of amides is 4. The molecule has 4 rings (SSSR count). The summed E-state index contributed by atoms with van der Waals surface area (Å²) in [5, 5.41) is 5.46. The summed E-state index contributed by atoms with van der Waals surface area (Å²) < 4.78 is 0. The first-order valence-corrected chi connectivity index (χ1v) is 9.09. The molecule has 138 valence electrons. The Balaban J connectivity index is 1.52. The maximum absolute atomic E-state index is 13.0. The molecule has 0 bridgehead atoms. The number of aryl methyl sites for hydroxylation is 2. The molecular weight excluding hydrogens is 342 g/mol. The number of nitrogens with zero attached hydrogens (tertiary/aromatic N) is 1. The highest BCUT2D eigenvalue weighted by atomic mass is 16.2. The normalized spacial score (nSPS) is 21.1. The van der Waals surface area contributed by atoms with Crippen molar-refractivity contribution in [2.45, 2.75) is 31.7 Å². The number of carbonyl (C=O) groups excluding carboxylic acids is 3. The van der Waals surface area contributed by atoms with E-state index in [-0.39, 0.29) is 6.54 Å². The number of hydrogen-bond donors (Lipinski definition) is 2. The zero-order valence-corrected chi connectivity index (χ0v) is 15.1. The minimum atomic E-state index is -1.15. The predicted octanol–water partition coefficient (Wildman–Crippen LogP) is 2.58. The lowest BCUT2D eigenvalue weighted by Crippen LogP contribution is -2.42. The summed E-state index contributed by atoms with van der Waals surface area (Å²) in [6, 6.07) is 14.3. The summed E-state index contributed by atoms with van der Waals surface area (Å²) >= 11 is 0. The Morgan fingerprint density at radius 1 is 1.11 bits per heavy atom. The number of anilines is 1. The summed E-state index contributed by atoms with van der Waals surface area (Å²) in [4.78, 5) is 38.7. The molecule has 6 heteroatoms. The third kappa shape index (κ3) is 3.07. The van der Waals surface area contributed by atoms with Gasteiger partial charge >= 0.3 is 6.03 Å². The van der Waals surface area contributed by atoms with Crippen LogP contribution in [0.2, 0.25) is 0 Å². The van der Waals surface area contributed by atoms with E-state index in [0.29, 0.717) is 5.69 Å². The summed E-state index contributed by atoms with van der Waals surface area (Å²) in [5.41, 5.74) is 2.76. The number of carbonyl (C=O) groups is 3. The number of hydrogen-bond acceptors (Lipinski definition) is 3. The SMILES string of the molecule is C[C@]1(c2ccc3c(c2)CCC3)NC(=O)N(CC(=O)Nc2ccccc2)C1=O. The molecule has 0 unspecified atom stereocenters. The molecular formula is C21H21N3O3. The third-order valence-corrected chi connectivity index (χ3v) is 5.31.